The number of aliphatic hydroxyl groups excluding tert-OH is 1. The molecule has 1 N–H and O–H groups in total. The van der Waals surface area contributed by atoms with Gasteiger partial charge in [-0.05, 0) is 36.8 Å². The van der Waals surface area contributed by atoms with Crippen LogP contribution in [0.1, 0.15) is 59.7 Å². The van der Waals surface area contributed by atoms with E-state index in [4.69, 9.17) is 0 Å². The zero-order valence-corrected chi connectivity index (χ0v) is 16.6. The molecule has 2 aromatic rings. The number of carbonyl (C=O) groups excluding carboxylic acids is 2. The highest BCUT2D eigenvalue weighted by molar-refractivity contribution is 7.09. The molecule has 138 valence electrons. The van der Waals surface area contributed by atoms with E-state index in [1.54, 1.807) is 11.3 Å². The monoisotopic (exact) mass is 371 g/mol. The molecular formula is C21H25NO3S. The van der Waals surface area contributed by atoms with E-state index >= 15 is 0 Å². The van der Waals surface area contributed by atoms with Crippen LogP contribution in [0.15, 0.2) is 34.9 Å². The number of allylic oxidation sites excluding steroid dienone is 2. The van der Waals surface area contributed by atoms with Gasteiger partial charge in [-0.2, -0.15) is 0 Å². The Balaban J connectivity index is 1.84. The molecular weight excluding hydrogens is 346 g/mol. The molecule has 0 saturated heterocycles. The van der Waals surface area contributed by atoms with Gasteiger partial charge < -0.3 is 9.67 Å². The molecule has 0 saturated carbocycles. The second kappa shape index (κ2) is 6.88. The number of hydrogen-bond acceptors (Lipinski definition) is 4. The number of aryl methyl sites for hydroxylation is 1. The minimum absolute atomic E-state index is 0.0238. The summed E-state index contributed by atoms with van der Waals surface area (Å²) in [5.74, 6) is -0.142. The summed E-state index contributed by atoms with van der Waals surface area (Å²) in [5.41, 5.74) is 2.61. The van der Waals surface area contributed by atoms with Crippen LogP contribution in [0, 0.1) is 19.3 Å². The predicted molar refractivity (Wildman–Crippen MR) is 104 cm³/mol. The van der Waals surface area contributed by atoms with Crippen LogP contribution in [-0.4, -0.2) is 21.2 Å². The summed E-state index contributed by atoms with van der Waals surface area (Å²) in [4.78, 5) is 26.5. The summed E-state index contributed by atoms with van der Waals surface area (Å²) in [7, 11) is 0. The Morgan fingerprint density at radius 3 is 2.65 bits per heavy atom. The van der Waals surface area contributed by atoms with Crippen molar-refractivity contribution < 1.29 is 14.7 Å². The second-order valence-electron chi connectivity index (χ2n) is 7.92. The van der Waals surface area contributed by atoms with Crippen LogP contribution in [-0.2, 0) is 11.3 Å². The Bertz CT molecular complexity index is 885. The van der Waals surface area contributed by atoms with E-state index in [-0.39, 0.29) is 34.7 Å². The van der Waals surface area contributed by atoms with Gasteiger partial charge in [0, 0.05) is 46.7 Å². The van der Waals surface area contributed by atoms with Crippen molar-refractivity contribution in [2.24, 2.45) is 5.41 Å². The fourth-order valence-corrected chi connectivity index (χ4v) is 4.36. The number of aliphatic hydroxyl groups is 1. The number of hydrogen-bond donors (Lipinski definition) is 1. The first-order valence-electron chi connectivity index (χ1n) is 8.84. The Labute approximate surface area is 158 Å². The maximum absolute atomic E-state index is 12.8. The molecule has 3 rings (SSSR count). The Morgan fingerprint density at radius 1 is 1.31 bits per heavy atom. The summed E-state index contributed by atoms with van der Waals surface area (Å²) >= 11 is 1.69. The van der Waals surface area contributed by atoms with Crippen LogP contribution >= 0.6 is 11.3 Å². The normalized spacial score (nSPS) is 17.0. The van der Waals surface area contributed by atoms with Gasteiger partial charge in [0.2, 0.25) is 0 Å². The summed E-state index contributed by atoms with van der Waals surface area (Å²) in [6, 6.07) is 5.99. The topological polar surface area (TPSA) is 59.3 Å². The molecule has 0 amide bonds. The molecule has 0 radical (unpaired) electrons. The summed E-state index contributed by atoms with van der Waals surface area (Å²) in [5, 5.41) is 12.3. The van der Waals surface area contributed by atoms with E-state index < -0.39 is 0 Å². The van der Waals surface area contributed by atoms with Gasteiger partial charge in [0.15, 0.2) is 11.6 Å². The summed E-state index contributed by atoms with van der Waals surface area (Å²) in [6.45, 7) is 8.58. The number of nitrogens with zero attached hydrogens (tertiary/aromatic N) is 1. The fraction of sp³-hybridized carbons (Fsp3) is 0.429. The van der Waals surface area contributed by atoms with Crippen LogP contribution in [0.2, 0.25) is 0 Å². The third-order valence-corrected chi connectivity index (χ3v) is 5.94. The van der Waals surface area contributed by atoms with Crippen LogP contribution in [0.4, 0.5) is 0 Å². The quantitative estimate of drug-likeness (QED) is 0.753. The van der Waals surface area contributed by atoms with Crippen molar-refractivity contribution >= 4 is 22.9 Å². The number of ketones is 2. The van der Waals surface area contributed by atoms with E-state index in [0.717, 1.165) is 17.9 Å². The number of aromatic nitrogens is 1. The van der Waals surface area contributed by atoms with Crippen molar-refractivity contribution in [3.05, 3.63) is 56.7 Å². The maximum atomic E-state index is 12.8. The molecule has 1 aliphatic carbocycles. The predicted octanol–water partition coefficient (Wildman–Crippen LogP) is 4.99. The van der Waals surface area contributed by atoms with Crippen molar-refractivity contribution in [2.45, 2.75) is 53.5 Å². The van der Waals surface area contributed by atoms with Crippen molar-refractivity contribution in [2.75, 3.05) is 0 Å². The molecule has 0 unspecified atom stereocenters. The highest BCUT2D eigenvalue weighted by atomic mass is 32.1. The molecule has 26 heavy (non-hydrogen) atoms. The third-order valence-electron chi connectivity index (χ3n) is 5.08. The van der Waals surface area contributed by atoms with E-state index in [1.165, 1.54) is 4.88 Å². The third kappa shape index (κ3) is 3.68. The van der Waals surface area contributed by atoms with E-state index in [1.807, 2.05) is 45.2 Å². The first-order chi connectivity index (χ1) is 12.2. The average molecular weight is 372 g/mol. The Morgan fingerprint density at radius 2 is 2.04 bits per heavy atom. The Hall–Kier alpha value is -2.14. The largest absolute Gasteiger partial charge is 0.512 e. The van der Waals surface area contributed by atoms with Gasteiger partial charge in [0.05, 0.1) is 12.3 Å². The number of carbonyl (C=O) groups is 2. The van der Waals surface area contributed by atoms with Crippen LogP contribution in [0.3, 0.4) is 0 Å². The number of thiophene rings is 1. The molecule has 4 nitrogen and oxygen atoms in total. The molecule has 2 aromatic heterocycles. The van der Waals surface area contributed by atoms with Crippen molar-refractivity contribution in [3.63, 3.8) is 0 Å². The van der Waals surface area contributed by atoms with Crippen molar-refractivity contribution in [1.82, 2.24) is 4.57 Å². The molecule has 0 atom stereocenters. The second-order valence-corrected chi connectivity index (χ2v) is 8.95. The number of Topliss-reactive ketones (excluding diaryl/α,β-unsaturated/α-hetero) is 2. The zero-order valence-electron chi connectivity index (χ0n) is 15.8. The Kier molecular flexibility index (Phi) is 4.93. The molecule has 0 fully saturated rings. The van der Waals surface area contributed by atoms with Crippen LogP contribution in [0.25, 0.3) is 0 Å². The first kappa shape index (κ1) is 18.6. The van der Waals surface area contributed by atoms with Gasteiger partial charge in [-0.15, -0.1) is 11.3 Å². The van der Waals surface area contributed by atoms with Crippen LogP contribution < -0.4 is 0 Å². The lowest BCUT2D eigenvalue weighted by molar-refractivity contribution is -0.118. The highest BCUT2D eigenvalue weighted by Gasteiger charge is 2.34. The zero-order chi connectivity index (χ0) is 19.1. The van der Waals surface area contributed by atoms with Crippen molar-refractivity contribution in [3.8, 4) is 0 Å². The van der Waals surface area contributed by atoms with E-state index in [2.05, 4.69) is 10.6 Å². The molecule has 5 heteroatoms. The van der Waals surface area contributed by atoms with Gasteiger partial charge in [-0.1, -0.05) is 19.9 Å². The van der Waals surface area contributed by atoms with Crippen LogP contribution in [0.5, 0.6) is 0 Å². The smallest absolute Gasteiger partial charge is 0.169 e. The SMILES string of the molecule is Cc1cc(C(=O)CC2=C(O)CC(C)(C)CC2=O)c(C)n1Cc1cccs1. The van der Waals surface area contributed by atoms with Gasteiger partial charge >= 0.3 is 0 Å². The van der Waals surface area contributed by atoms with Gasteiger partial charge in [0.1, 0.15) is 0 Å². The minimum Gasteiger partial charge on any atom is -0.512 e. The van der Waals surface area contributed by atoms with Gasteiger partial charge in [0.25, 0.3) is 0 Å². The lowest BCUT2D eigenvalue weighted by Crippen LogP contribution is -2.27. The molecule has 0 spiro atoms. The lowest BCUT2D eigenvalue weighted by atomic mass is 9.75. The standard InChI is InChI=1S/C21H25NO3S/c1-13-8-16(14(2)22(13)12-15-6-5-7-26-15)18(23)9-17-19(24)10-21(3,4)11-20(17)25/h5-8,24H,9-12H2,1-4H3. The summed E-state index contributed by atoms with van der Waals surface area (Å²) in [6.07, 6.45) is 0.792. The maximum Gasteiger partial charge on any atom is 0.169 e. The average Bonchev–Trinajstić information content (AvgIpc) is 3.13. The van der Waals surface area contributed by atoms with E-state index in [9.17, 15) is 14.7 Å². The van der Waals surface area contributed by atoms with Crippen molar-refractivity contribution in [1.29, 1.82) is 0 Å². The molecule has 1 aliphatic rings. The molecule has 0 bridgehead atoms. The van der Waals surface area contributed by atoms with Gasteiger partial charge in [-0.3, -0.25) is 9.59 Å². The minimum atomic E-state index is -0.246. The van der Waals surface area contributed by atoms with E-state index in [0.29, 0.717) is 18.4 Å². The first-order valence-corrected chi connectivity index (χ1v) is 9.72. The highest BCUT2D eigenvalue weighted by Crippen LogP contribution is 2.37. The molecule has 2 heterocycles. The van der Waals surface area contributed by atoms with Gasteiger partial charge in [-0.25, -0.2) is 0 Å². The molecule has 0 aliphatic heterocycles. The number of rotatable bonds is 5. The molecule has 0 aromatic carbocycles. The lowest BCUT2D eigenvalue weighted by Gasteiger charge is -2.29. The fourth-order valence-electron chi connectivity index (χ4n) is 3.67. The summed E-state index contributed by atoms with van der Waals surface area (Å²) < 4.78 is 2.12.